The van der Waals surface area contributed by atoms with Crippen LogP contribution >= 0.6 is 0 Å². The van der Waals surface area contributed by atoms with Gasteiger partial charge in [0, 0.05) is 16.9 Å². The molecule has 3 aromatic carbocycles. The molecule has 3 N–H and O–H groups in total. The fourth-order valence-electron chi connectivity index (χ4n) is 2.86. The highest BCUT2D eigenvalue weighted by atomic mass is 32.2. The molecule has 0 aliphatic heterocycles. The van der Waals surface area contributed by atoms with Crippen molar-refractivity contribution in [3.63, 3.8) is 0 Å². The molecule has 0 bridgehead atoms. The maximum atomic E-state index is 12.7. The van der Waals surface area contributed by atoms with Gasteiger partial charge in [-0.1, -0.05) is 12.1 Å². The number of carbonyl (C=O) groups excluding carboxylic acids is 1. The summed E-state index contributed by atoms with van der Waals surface area (Å²) in [6, 6.07) is 16.5. The van der Waals surface area contributed by atoms with Gasteiger partial charge in [0.1, 0.15) is 0 Å². The van der Waals surface area contributed by atoms with Crippen molar-refractivity contribution in [2.45, 2.75) is 23.6 Å². The van der Waals surface area contributed by atoms with Crippen molar-refractivity contribution in [3.05, 3.63) is 83.4 Å². The summed E-state index contributed by atoms with van der Waals surface area (Å²) in [5.41, 5.74) is 3.00. The number of aryl methyl sites for hydroxylation is 2. The Morgan fingerprint density at radius 2 is 1.38 bits per heavy atom. The van der Waals surface area contributed by atoms with Gasteiger partial charge in [-0.2, -0.15) is 0 Å². The monoisotopic (exact) mass is 473 g/mol. The minimum absolute atomic E-state index is 0.0356. The van der Waals surface area contributed by atoms with Gasteiger partial charge >= 0.3 is 0 Å². The number of anilines is 2. The maximum absolute atomic E-state index is 12.7. The Labute approximate surface area is 187 Å². The number of amides is 1. The van der Waals surface area contributed by atoms with Gasteiger partial charge in [0.15, 0.2) is 0 Å². The largest absolute Gasteiger partial charge is 0.322 e. The van der Waals surface area contributed by atoms with Gasteiger partial charge in [-0.05, 0) is 86.6 Å². The van der Waals surface area contributed by atoms with E-state index in [9.17, 15) is 21.6 Å². The Morgan fingerprint density at radius 3 is 2.00 bits per heavy atom. The first-order valence-electron chi connectivity index (χ1n) is 9.57. The number of sulfonamides is 2. The number of nitrogens with one attached hydrogen (secondary N) is 3. The van der Waals surface area contributed by atoms with Crippen molar-refractivity contribution in [1.82, 2.24) is 4.72 Å². The Hall–Kier alpha value is -3.21. The SMILES string of the molecule is CNS(=O)(=O)c1cccc(C(=O)Nc2ccc(S(=O)(=O)Nc3ccc(C)c(C)c3)cc2)c1. The van der Waals surface area contributed by atoms with E-state index in [1.54, 1.807) is 12.1 Å². The van der Waals surface area contributed by atoms with Gasteiger partial charge in [0.25, 0.3) is 15.9 Å². The third-order valence-electron chi connectivity index (χ3n) is 4.86. The number of hydrogen-bond donors (Lipinski definition) is 3. The molecule has 0 fully saturated rings. The fraction of sp³-hybridized carbons (Fsp3) is 0.136. The quantitative estimate of drug-likeness (QED) is 0.486. The van der Waals surface area contributed by atoms with E-state index in [-0.39, 0.29) is 15.4 Å². The second-order valence-corrected chi connectivity index (χ2v) is 10.7. The van der Waals surface area contributed by atoms with Crippen molar-refractivity contribution in [2.24, 2.45) is 0 Å². The third-order valence-corrected chi connectivity index (χ3v) is 7.67. The summed E-state index contributed by atoms with van der Waals surface area (Å²) in [7, 11) is -6.20. The smallest absolute Gasteiger partial charge is 0.261 e. The standard InChI is InChI=1S/C22H23N3O5S2/c1-15-7-8-19(13-16(15)2)25-32(29,30)20-11-9-18(10-12-20)24-22(26)17-5-4-6-21(14-17)31(27,28)23-3/h4-14,23,25H,1-3H3,(H,24,26). The zero-order valence-electron chi connectivity index (χ0n) is 17.7. The topological polar surface area (TPSA) is 121 Å². The summed E-state index contributed by atoms with van der Waals surface area (Å²) in [5.74, 6) is -0.526. The minimum atomic E-state index is -3.80. The highest BCUT2D eigenvalue weighted by molar-refractivity contribution is 7.92. The zero-order valence-corrected chi connectivity index (χ0v) is 19.3. The molecule has 0 heterocycles. The Kier molecular flexibility index (Phi) is 6.68. The van der Waals surface area contributed by atoms with Gasteiger partial charge in [-0.15, -0.1) is 0 Å². The molecule has 0 saturated carbocycles. The fourth-order valence-corrected chi connectivity index (χ4v) is 4.69. The second-order valence-electron chi connectivity index (χ2n) is 7.12. The first kappa shape index (κ1) is 23.5. The summed E-state index contributed by atoms with van der Waals surface area (Å²) in [5, 5.41) is 2.63. The summed E-state index contributed by atoms with van der Waals surface area (Å²) in [4.78, 5) is 12.5. The van der Waals surface area contributed by atoms with Crippen LogP contribution in [0.25, 0.3) is 0 Å². The lowest BCUT2D eigenvalue weighted by Crippen LogP contribution is -2.19. The molecule has 0 spiro atoms. The molecule has 32 heavy (non-hydrogen) atoms. The first-order chi connectivity index (χ1) is 15.0. The molecule has 0 saturated heterocycles. The molecule has 168 valence electrons. The average molecular weight is 474 g/mol. The van der Waals surface area contributed by atoms with Gasteiger partial charge in [-0.3, -0.25) is 9.52 Å². The van der Waals surface area contributed by atoms with E-state index >= 15 is 0 Å². The van der Waals surface area contributed by atoms with Crippen LogP contribution in [-0.4, -0.2) is 29.8 Å². The predicted octanol–water partition coefficient (Wildman–Crippen LogP) is 3.26. The van der Waals surface area contributed by atoms with Gasteiger partial charge in [-0.25, -0.2) is 21.6 Å². The highest BCUT2D eigenvalue weighted by Crippen LogP contribution is 2.21. The molecule has 0 aromatic heterocycles. The molecular weight excluding hydrogens is 450 g/mol. The third kappa shape index (κ3) is 5.34. The van der Waals surface area contributed by atoms with Gasteiger partial charge in [0.2, 0.25) is 10.0 Å². The average Bonchev–Trinajstić information content (AvgIpc) is 2.76. The summed E-state index contributed by atoms with van der Waals surface area (Å²) in [6.45, 7) is 3.84. The van der Waals surface area contributed by atoms with Crippen molar-refractivity contribution in [3.8, 4) is 0 Å². The van der Waals surface area contributed by atoms with E-state index in [1.807, 2.05) is 19.9 Å². The van der Waals surface area contributed by atoms with Crippen LogP contribution in [-0.2, 0) is 20.0 Å². The maximum Gasteiger partial charge on any atom is 0.261 e. The van der Waals surface area contributed by atoms with E-state index in [0.717, 1.165) is 11.1 Å². The molecule has 0 aliphatic carbocycles. The minimum Gasteiger partial charge on any atom is -0.322 e. The van der Waals surface area contributed by atoms with Crippen LogP contribution in [0.5, 0.6) is 0 Å². The van der Waals surface area contributed by atoms with E-state index in [1.165, 1.54) is 55.6 Å². The molecular formula is C22H23N3O5S2. The lowest BCUT2D eigenvalue weighted by atomic mass is 10.1. The Morgan fingerprint density at radius 1 is 0.719 bits per heavy atom. The van der Waals surface area contributed by atoms with Crippen LogP contribution in [0, 0.1) is 13.8 Å². The van der Waals surface area contributed by atoms with Gasteiger partial charge in [0.05, 0.1) is 9.79 Å². The molecule has 0 unspecified atom stereocenters. The Balaban J connectivity index is 1.75. The number of hydrogen-bond acceptors (Lipinski definition) is 5. The summed E-state index contributed by atoms with van der Waals surface area (Å²) in [6.07, 6.45) is 0. The van der Waals surface area contributed by atoms with Crippen molar-refractivity contribution < 1.29 is 21.6 Å². The van der Waals surface area contributed by atoms with Crippen molar-refractivity contribution >= 4 is 37.3 Å². The van der Waals surface area contributed by atoms with Crippen molar-refractivity contribution in [2.75, 3.05) is 17.1 Å². The number of rotatable bonds is 7. The van der Waals surface area contributed by atoms with Crippen LogP contribution in [0.1, 0.15) is 21.5 Å². The lowest BCUT2D eigenvalue weighted by Gasteiger charge is -2.11. The van der Waals surface area contributed by atoms with E-state index in [4.69, 9.17) is 0 Å². The van der Waals surface area contributed by atoms with Crippen LogP contribution in [0.3, 0.4) is 0 Å². The highest BCUT2D eigenvalue weighted by Gasteiger charge is 2.16. The summed E-state index contributed by atoms with van der Waals surface area (Å²) >= 11 is 0. The number of carbonyl (C=O) groups is 1. The van der Waals surface area contributed by atoms with E-state index in [2.05, 4.69) is 14.8 Å². The van der Waals surface area contributed by atoms with E-state index < -0.39 is 26.0 Å². The Bertz CT molecular complexity index is 1370. The predicted molar refractivity (Wildman–Crippen MR) is 124 cm³/mol. The molecule has 3 rings (SSSR count). The van der Waals surface area contributed by atoms with Crippen molar-refractivity contribution in [1.29, 1.82) is 0 Å². The molecule has 1 amide bonds. The molecule has 3 aromatic rings. The molecule has 10 heteroatoms. The van der Waals surface area contributed by atoms with Crippen LogP contribution in [0.2, 0.25) is 0 Å². The molecule has 0 aliphatic rings. The molecule has 8 nitrogen and oxygen atoms in total. The van der Waals surface area contributed by atoms with Crippen LogP contribution in [0.4, 0.5) is 11.4 Å². The zero-order chi connectivity index (χ0) is 23.5. The number of benzene rings is 3. The second kappa shape index (κ2) is 9.11. The van der Waals surface area contributed by atoms with E-state index in [0.29, 0.717) is 11.4 Å². The normalized spacial score (nSPS) is 11.7. The molecule has 0 radical (unpaired) electrons. The summed E-state index contributed by atoms with van der Waals surface area (Å²) < 4.78 is 53.9. The molecule has 0 atom stereocenters. The first-order valence-corrected chi connectivity index (χ1v) is 12.5. The lowest BCUT2D eigenvalue weighted by molar-refractivity contribution is 0.102. The van der Waals surface area contributed by atoms with Crippen LogP contribution in [0.15, 0.2) is 76.5 Å². The van der Waals surface area contributed by atoms with Gasteiger partial charge < -0.3 is 5.32 Å². The van der Waals surface area contributed by atoms with Crippen LogP contribution < -0.4 is 14.8 Å².